The van der Waals surface area contributed by atoms with E-state index in [0.717, 1.165) is 12.2 Å². The predicted molar refractivity (Wildman–Crippen MR) is 72.2 cm³/mol. The van der Waals surface area contributed by atoms with Crippen molar-refractivity contribution in [3.05, 3.63) is 40.0 Å². The molecule has 1 aromatic carbocycles. The van der Waals surface area contributed by atoms with Crippen molar-refractivity contribution in [3.8, 4) is 0 Å². The highest BCUT2D eigenvalue weighted by Gasteiger charge is 2.14. The second-order valence-electron chi connectivity index (χ2n) is 3.99. The average molecular weight is 279 g/mol. The zero-order valence-electron chi connectivity index (χ0n) is 10.6. The molecule has 0 saturated heterocycles. The lowest BCUT2D eigenvalue weighted by Crippen LogP contribution is -2.30. The molecule has 0 fully saturated rings. The number of primary amides is 1. The first-order chi connectivity index (χ1) is 9.31. The number of amides is 1. The molecule has 0 aliphatic heterocycles. The first-order valence-electron chi connectivity index (χ1n) is 5.50. The first-order valence-corrected chi connectivity index (χ1v) is 5.50. The van der Waals surface area contributed by atoms with Crippen molar-refractivity contribution < 1.29 is 19.6 Å². The summed E-state index contributed by atoms with van der Waals surface area (Å²) in [7, 11) is 1.59. The molecule has 0 saturated carbocycles. The maximum atomic E-state index is 10.9. The van der Waals surface area contributed by atoms with Gasteiger partial charge in [0.2, 0.25) is 5.91 Å². The lowest BCUT2D eigenvalue weighted by molar-refractivity contribution is -0.385. The highest BCUT2D eigenvalue weighted by Crippen LogP contribution is 2.25. The minimum absolute atomic E-state index is 0.0557. The third-order valence-electron chi connectivity index (χ3n) is 2.45. The number of hydrogen-bond donors (Lipinski definition) is 2. The van der Waals surface area contributed by atoms with Gasteiger partial charge in [0, 0.05) is 24.9 Å². The fourth-order valence-electron chi connectivity index (χ4n) is 1.57. The monoisotopic (exact) mass is 279 g/mol. The minimum atomic E-state index is -1.21. The van der Waals surface area contributed by atoms with Gasteiger partial charge in [0.25, 0.3) is 5.69 Å². The smallest absolute Gasteiger partial charge is 0.328 e. The van der Waals surface area contributed by atoms with Crippen LogP contribution in [0.2, 0.25) is 0 Å². The van der Waals surface area contributed by atoms with E-state index < -0.39 is 16.8 Å². The molecule has 0 bridgehead atoms. The van der Waals surface area contributed by atoms with Crippen LogP contribution in [-0.4, -0.2) is 35.5 Å². The van der Waals surface area contributed by atoms with E-state index in [9.17, 15) is 19.7 Å². The maximum absolute atomic E-state index is 10.9. The predicted octanol–water partition coefficient (Wildman–Crippen LogP) is 0.614. The summed E-state index contributed by atoms with van der Waals surface area (Å²) in [4.78, 5) is 33.1. The average Bonchev–Trinajstić information content (AvgIpc) is 2.34. The van der Waals surface area contributed by atoms with Gasteiger partial charge in [-0.05, 0) is 18.2 Å². The van der Waals surface area contributed by atoms with Gasteiger partial charge in [-0.3, -0.25) is 14.9 Å². The summed E-state index contributed by atoms with van der Waals surface area (Å²) in [6.07, 6.45) is 1.93. The Balaban J connectivity index is 3.19. The Morgan fingerprint density at radius 3 is 2.65 bits per heavy atom. The number of aliphatic carboxylic acids is 1. The number of nitro groups is 1. The van der Waals surface area contributed by atoms with Gasteiger partial charge in [-0.15, -0.1) is 0 Å². The van der Waals surface area contributed by atoms with E-state index in [4.69, 9.17) is 10.8 Å². The Hall–Kier alpha value is -2.90. The molecule has 0 spiro atoms. The molecule has 1 aromatic rings. The van der Waals surface area contributed by atoms with Crippen molar-refractivity contribution in [1.29, 1.82) is 0 Å². The lowest BCUT2D eigenvalue weighted by atomic mass is 10.1. The summed E-state index contributed by atoms with van der Waals surface area (Å²) < 4.78 is 0. The van der Waals surface area contributed by atoms with Crippen LogP contribution < -0.4 is 10.6 Å². The number of likely N-dealkylation sites (N-methyl/N-ethyl adjacent to an activating group) is 1. The van der Waals surface area contributed by atoms with Crippen LogP contribution in [0, 0.1) is 10.1 Å². The fraction of sp³-hybridized carbons (Fsp3) is 0.167. The zero-order chi connectivity index (χ0) is 15.3. The molecule has 0 aliphatic rings. The van der Waals surface area contributed by atoms with Gasteiger partial charge in [-0.2, -0.15) is 0 Å². The summed E-state index contributed by atoms with van der Waals surface area (Å²) in [5.41, 5.74) is 5.49. The first kappa shape index (κ1) is 15.2. The molecule has 0 atom stereocenters. The van der Waals surface area contributed by atoms with Crippen LogP contribution in [-0.2, 0) is 9.59 Å². The minimum Gasteiger partial charge on any atom is -0.478 e. The van der Waals surface area contributed by atoms with Gasteiger partial charge in [0.15, 0.2) is 0 Å². The second-order valence-corrected chi connectivity index (χ2v) is 3.99. The normalized spacial score (nSPS) is 10.4. The molecule has 1 amide bonds. The molecule has 106 valence electrons. The Kier molecular flexibility index (Phi) is 4.79. The molecule has 0 heterocycles. The number of carbonyl (C=O) groups excluding carboxylic acids is 1. The molecule has 8 nitrogen and oxygen atoms in total. The molecular formula is C12H13N3O5. The maximum Gasteiger partial charge on any atom is 0.328 e. The Morgan fingerprint density at radius 2 is 2.15 bits per heavy atom. The van der Waals surface area contributed by atoms with E-state index in [0.29, 0.717) is 5.69 Å². The van der Waals surface area contributed by atoms with Crippen molar-refractivity contribution in [2.45, 2.75) is 0 Å². The van der Waals surface area contributed by atoms with Gasteiger partial charge in [0.05, 0.1) is 17.0 Å². The lowest BCUT2D eigenvalue weighted by Gasteiger charge is -2.17. The molecule has 0 radical (unpaired) electrons. The fourth-order valence-corrected chi connectivity index (χ4v) is 1.57. The van der Waals surface area contributed by atoms with Crippen molar-refractivity contribution in [1.82, 2.24) is 0 Å². The van der Waals surface area contributed by atoms with Gasteiger partial charge in [-0.25, -0.2) is 4.79 Å². The summed E-state index contributed by atoms with van der Waals surface area (Å²) >= 11 is 0. The van der Waals surface area contributed by atoms with E-state index in [1.807, 2.05) is 0 Å². The largest absolute Gasteiger partial charge is 0.478 e. The number of nitrogens with two attached hydrogens (primary N) is 1. The SMILES string of the molecule is CN(CC(N)=O)c1ccc([N+](=O)[O-])c(/C=C/C(=O)O)c1. The Bertz CT molecular complexity index is 582. The van der Waals surface area contributed by atoms with Crippen LogP contribution in [0.4, 0.5) is 11.4 Å². The standard InChI is InChI=1S/C12H13N3O5/c1-14(7-11(13)16)9-3-4-10(15(19)20)8(6-9)2-5-12(17)18/h2-6H,7H2,1H3,(H2,13,16)(H,17,18)/b5-2+. The summed E-state index contributed by atoms with van der Waals surface area (Å²) in [5, 5.41) is 19.4. The van der Waals surface area contributed by atoms with Crippen LogP contribution in [0.3, 0.4) is 0 Å². The van der Waals surface area contributed by atoms with Crippen LogP contribution in [0.5, 0.6) is 0 Å². The number of benzene rings is 1. The summed E-state index contributed by atoms with van der Waals surface area (Å²) in [5.74, 6) is -1.76. The van der Waals surface area contributed by atoms with E-state index in [1.54, 1.807) is 7.05 Å². The molecule has 1 rings (SSSR count). The molecular weight excluding hydrogens is 266 g/mol. The number of hydrogen-bond acceptors (Lipinski definition) is 5. The summed E-state index contributed by atoms with van der Waals surface area (Å²) in [6.45, 7) is -0.0557. The number of nitrogens with zero attached hydrogens (tertiary/aromatic N) is 2. The van der Waals surface area contributed by atoms with E-state index in [2.05, 4.69) is 0 Å². The molecule has 0 aromatic heterocycles. The van der Waals surface area contributed by atoms with Crippen LogP contribution in [0.25, 0.3) is 6.08 Å². The molecule has 20 heavy (non-hydrogen) atoms. The number of carboxylic acid groups (broad SMARTS) is 1. The van der Waals surface area contributed by atoms with Gasteiger partial charge in [-0.1, -0.05) is 0 Å². The molecule has 0 aliphatic carbocycles. The van der Waals surface area contributed by atoms with Crippen molar-refractivity contribution >= 4 is 29.3 Å². The van der Waals surface area contributed by atoms with E-state index in [-0.39, 0.29) is 17.8 Å². The van der Waals surface area contributed by atoms with Crippen molar-refractivity contribution in [3.63, 3.8) is 0 Å². The number of carboxylic acids is 1. The third kappa shape index (κ3) is 4.09. The molecule has 0 unspecified atom stereocenters. The van der Waals surface area contributed by atoms with Gasteiger partial charge < -0.3 is 15.7 Å². The quantitative estimate of drug-likeness (QED) is 0.446. The van der Waals surface area contributed by atoms with Gasteiger partial charge in [0.1, 0.15) is 0 Å². The van der Waals surface area contributed by atoms with Crippen LogP contribution >= 0.6 is 0 Å². The Labute approximate surface area is 114 Å². The third-order valence-corrected chi connectivity index (χ3v) is 2.45. The van der Waals surface area contributed by atoms with Crippen molar-refractivity contribution in [2.75, 3.05) is 18.5 Å². The van der Waals surface area contributed by atoms with E-state index in [1.165, 1.54) is 23.1 Å². The highest BCUT2D eigenvalue weighted by atomic mass is 16.6. The van der Waals surface area contributed by atoms with Gasteiger partial charge >= 0.3 is 5.97 Å². The number of carbonyl (C=O) groups is 2. The van der Waals surface area contributed by atoms with Crippen LogP contribution in [0.15, 0.2) is 24.3 Å². The molecule has 3 N–H and O–H groups in total. The number of rotatable bonds is 6. The van der Waals surface area contributed by atoms with Crippen molar-refractivity contribution in [2.24, 2.45) is 5.73 Å². The van der Waals surface area contributed by atoms with E-state index >= 15 is 0 Å². The Morgan fingerprint density at radius 1 is 1.50 bits per heavy atom. The number of anilines is 1. The topological polar surface area (TPSA) is 127 Å². The highest BCUT2D eigenvalue weighted by molar-refractivity contribution is 5.87. The second kappa shape index (κ2) is 6.32. The zero-order valence-corrected chi connectivity index (χ0v) is 10.6. The summed E-state index contributed by atoms with van der Waals surface area (Å²) in [6, 6.07) is 4.12. The molecule has 8 heteroatoms. The van der Waals surface area contributed by atoms with Crippen LogP contribution in [0.1, 0.15) is 5.56 Å². The number of nitro benzene ring substituents is 1.